The Morgan fingerprint density at radius 2 is 1.68 bits per heavy atom. The number of rotatable bonds is 9. The minimum absolute atomic E-state index is 0.0444. The van der Waals surface area contributed by atoms with E-state index < -0.39 is 0 Å². The van der Waals surface area contributed by atoms with Crippen LogP contribution in [0.3, 0.4) is 0 Å². The molecule has 0 aliphatic carbocycles. The van der Waals surface area contributed by atoms with E-state index in [1.54, 1.807) is 4.90 Å². The molecule has 1 atom stereocenters. The molecule has 0 saturated heterocycles. The van der Waals surface area contributed by atoms with E-state index in [4.69, 9.17) is 4.74 Å². The Labute approximate surface area is 150 Å². The summed E-state index contributed by atoms with van der Waals surface area (Å²) in [5, 5.41) is 9.67. The molecule has 2 aromatic carbocycles. The normalized spacial score (nSPS) is 11.8. The highest BCUT2D eigenvalue weighted by atomic mass is 16.5. The first-order valence-electron chi connectivity index (χ1n) is 8.83. The fourth-order valence-electron chi connectivity index (χ4n) is 2.78. The number of benzene rings is 2. The topological polar surface area (TPSA) is 49.8 Å². The molecule has 0 heterocycles. The Morgan fingerprint density at radius 1 is 1.04 bits per heavy atom. The van der Waals surface area contributed by atoms with Crippen LogP contribution in [0, 0.1) is 0 Å². The molecule has 0 aliphatic heterocycles. The highest BCUT2D eigenvalue weighted by Crippen LogP contribution is 2.23. The van der Waals surface area contributed by atoms with Gasteiger partial charge in [0.1, 0.15) is 12.4 Å². The number of nitrogens with zero attached hydrogens (tertiary/aromatic N) is 1. The highest BCUT2D eigenvalue weighted by molar-refractivity contribution is 5.77. The van der Waals surface area contributed by atoms with Gasteiger partial charge in [0.15, 0.2) is 0 Å². The third-order valence-electron chi connectivity index (χ3n) is 4.36. The second kappa shape index (κ2) is 9.84. The lowest BCUT2D eigenvalue weighted by Gasteiger charge is -2.22. The standard InChI is InChI=1S/C21H27NO3/c1-3-22(4-2)21(24)14-19(15-23)18-10-12-20(13-11-18)25-16-17-8-6-5-7-9-17/h5-13,19,23H,3-4,14-16H2,1-2H3. The first-order valence-corrected chi connectivity index (χ1v) is 8.83. The van der Waals surface area contributed by atoms with Gasteiger partial charge < -0.3 is 14.7 Å². The summed E-state index contributed by atoms with van der Waals surface area (Å²) < 4.78 is 5.78. The van der Waals surface area contributed by atoms with Crippen LogP contribution in [0.15, 0.2) is 54.6 Å². The lowest BCUT2D eigenvalue weighted by Crippen LogP contribution is -2.32. The summed E-state index contributed by atoms with van der Waals surface area (Å²) in [7, 11) is 0. The van der Waals surface area contributed by atoms with E-state index in [-0.39, 0.29) is 18.4 Å². The number of aliphatic hydroxyl groups is 1. The maximum atomic E-state index is 12.3. The van der Waals surface area contributed by atoms with E-state index in [1.165, 1.54) is 0 Å². The average Bonchev–Trinajstić information content (AvgIpc) is 2.67. The Hall–Kier alpha value is -2.33. The number of hydrogen-bond donors (Lipinski definition) is 1. The van der Waals surface area contributed by atoms with Gasteiger partial charge in [0, 0.05) is 25.4 Å². The van der Waals surface area contributed by atoms with E-state index in [0.717, 1.165) is 16.9 Å². The quantitative estimate of drug-likeness (QED) is 0.758. The molecule has 0 spiro atoms. The summed E-state index contributed by atoms with van der Waals surface area (Å²) in [5.74, 6) is 0.670. The summed E-state index contributed by atoms with van der Waals surface area (Å²) in [4.78, 5) is 14.1. The third-order valence-corrected chi connectivity index (χ3v) is 4.36. The van der Waals surface area contributed by atoms with Gasteiger partial charge in [-0.05, 0) is 37.1 Å². The summed E-state index contributed by atoms with van der Waals surface area (Å²) in [6.45, 7) is 5.79. The van der Waals surface area contributed by atoms with Crippen molar-refractivity contribution in [3.8, 4) is 5.75 Å². The highest BCUT2D eigenvalue weighted by Gasteiger charge is 2.18. The van der Waals surface area contributed by atoms with Crippen LogP contribution in [0.5, 0.6) is 5.75 Å². The number of hydrogen-bond acceptors (Lipinski definition) is 3. The van der Waals surface area contributed by atoms with Crippen molar-refractivity contribution in [1.29, 1.82) is 0 Å². The van der Waals surface area contributed by atoms with Crippen LogP contribution in [0.25, 0.3) is 0 Å². The van der Waals surface area contributed by atoms with Crippen molar-refractivity contribution in [3.05, 3.63) is 65.7 Å². The van der Waals surface area contributed by atoms with E-state index in [0.29, 0.717) is 26.1 Å². The molecule has 0 radical (unpaired) electrons. The molecule has 4 heteroatoms. The van der Waals surface area contributed by atoms with Gasteiger partial charge >= 0.3 is 0 Å². The summed E-state index contributed by atoms with van der Waals surface area (Å²) in [5.41, 5.74) is 2.07. The fourth-order valence-corrected chi connectivity index (χ4v) is 2.78. The Bertz CT molecular complexity index is 636. The van der Waals surface area contributed by atoms with Crippen LogP contribution < -0.4 is 4.74 Å². The molecule has 134 valence electrons. The van der Waals surface area contributed by atoms with Gasteiger partial charge in [-0.2, -0.15) is 0 Å². The largest absolute Gasteiger partial charge is 0.489 e. The molecule has 25 heavy (non-hydrogen) atoms. The number of ether oxygens (including phenoxy) is 1. The predicted octanol–water partition coefficient (Wildman–Crippen LogP) is 3.60. The predicted molar refractivity (Wildman–Crippen MR) is 99.6 cm³/mol. The Morgan fingerprint density at radius 3 is 2.24 bits per heavy atom. The van der Waals surface area contributed by atoms with Crippen molar-refractivity contribution >= 4 is 5.91 Å². The molecule has 0 aliphatic rings. The fraction of sp³-hybridized carbons (Fsp3) is 0.381. The van der Waals surface area contributed by atoms with Crippen molar-refractivity contribution in [3.63, 3.8) is 0 Å². The zero-order valence-corrected chi connectivity index (χ0v) is 15.0. The van der Waals surface area contributed by atoms with Gasteiger partial charge in [0.2, 0.25) is 5.91 Å². The van der Waals surface area contributed by atoms with E-state index in [9.17, 15) is 9.90 Å². The Kier molecular flexibility index (Phi) is 7.48. The summed E-state index contributed by atoms with van der Waals surface area (Å²) in [6, 6.07) is 17.6. The van der Waals surface area contributed by atoms with Gasteiger partial charge in [0.25, 0.3) is 0 Å². The molecule has 1 unspecified atom stereocenters. The molecule has 0 fully saturated rings. The molecule has 4 nitrogen and oxygen atoms in total. The third kappa shape index (κ3) is 5.61. The maximum absolute atomic E-state index is 12.3. The lowest BCUT2D eigenvalue weighted by atomic mass is 9.96. The van der Waals surface area contributed by atoms with Crippen LogP contribution in [0.4, 0.5) is 0 Å². The van der Waals surface area contributed by atoms with E-state index in [1.807, 2.05) is 68.4 Å². The van der Waals surface area contributed by atoms with Gasteiger partial charge in [-0.1, -0.05) is 42.5 Å². The van der Waals surface area contributed by atoms with Gasteiger partial charge in [-0.25, -0.2) is 0 Å². The van der Waals surface area contributed by atoms with Crippen molar-refractivity contribution < 1.29 is 14.6 Å². The molecular formula is C21H27NO3. The van der Waals surface area contributed by atoms with Gasteiger partial charge in [-0.15, -0.1) is 0 Å². The molecule has 1 N–H and O–H groups in total. The maximum Gasteiger partial charge on any atom is 0.223 e. The monoisotopic (exact) mass is 341 g/mol. The van der Waals surface area contributed by atoms with Crippen molar-refractivity contribution in [2.45, 2.75) is 32.8 Å². The lowest BCUT2D eigenvalue weighted by molar-refractivity contribution is -0.131. The second-order valence-electron chi connectivity index (χ2n) is 5.99. The molecule has 2 rings (SSSR count). The number of carbonyl (C=O) groups excluding carboxylic acids is 1. The minimum Gasteiger partial charge on any atom is -0.489 e. The van der Waals surface area contributed by atoms with Crippen molar-refractivity contribution in [2.24, 2.45) is 0 Å². The first kappa shape index (κ1) is 19.0. The molecule has 0 aromatic heterocycles. The average molecular weight is 341 g/mol. The first-order chi connectivity index (χ1) is 12.2. The van der Waals surface area contributed by atoms with Crippen LogP contribution in [0.2, 0.25) is 0 Å². The number of amides is 1. The van der Waals surface area contributed by atoms with Crippen LogP contribution >= 0.6 is 0 Å². The SMILES string of the molecule is CCN(CC)C(=O)CC(CO)c1ccc(OCc2ccccc2)cc1. The molecular weight excluding hydrogens is 314 g/mol. The summed E-state index contributed by atoms with van der Waals surface area (Å²) >= 11 is 0. The van der Waals surface area contributed by atoms with Crippen LogP contribution in [-0.2, 0) is 11.4 Å². The van der Waals surface area contributed by atoms with Gasteiger partial charge in [-0.3, -0.25) is 4.79 Å². The van der Waals surface area contributed by atoms with Crippen molar-refractivity contribution in [1.82, 2.24) is 4.90 Å². The number of aliphatic hydroxyl groups excluding tert-OH is 1. The number of carbonyl (C=O) groups is 1. The van der Waals surface area contributed by atoms with Crippen LogP contribution in [0.1, 0.15) is 37.3 Å². The molecule has 2 aromatic rings. The smallest absolute Gasteiger partial charge is 0.223 e. The van der Waals surface area contributed by atoms with E-state index >= 15 is 0 Å². The van der Waals surface area contributed by atoms with Crippen LogP contribution in [-0.4, -0.2) is 35.6 Å². The molecule has 1 amide bonds. The second-order valence-corrected chi connectivity index (χ2v) is 5.99. The minimum atomic E-state index is -0.184. The Balaban J connectivity index is 1.95. The molecule has 0 saturated carbocycles. The van der Waals surface area contributed by atoms with E-state index in [2.05, 4.69) is 0 Å². The summed E-state index contributed by atoms with van der Waals surface area (Å²) in [6.07, 6.45) is 0.322. The zero-order valence-electron chi connectivity index (χ0n) is 15.0. The van der Waals surface area contributed by atoms with Crippen molar-refractivity contribution in [2.75, 3.05) is 19.7 Å². The van der Waals surface area contributed by atoms with Gasteiger partial charge in [0.05, 0.1) is 6.61 Å². The zero-order chi connectivity index (χ0) is 18.1. The molecule has 0 bridgehead atoms.